The zero-order chi connectivity index (χ0) is 12.1. The Labute approximate surface area is 105 Å². The van der Waals surface area contributed by atoms with Crippen LogP contribution in [0.5, 0.6) is 0 Å². The molecule has 0 aromatic carbocycles. The molecule has 0 amide bonds. The Bertz CT molecular complexity index is 481. The van der Waals surface area contributed by atoms with Gasteiger partial charge in [0.1, 0.15) is 0 Å². The minimum Gasteiger partial charge on any atom is -0.384 e. The summed E-state index contributed by atoms with van der Waals surface area (Å²) < 4.78 is 0. The van der Waals surface area contributed by atoms with Crippen LogP contribution in [0.1, 0.15) is 17.6 Å². The van der Waals surface area contributed by atoms with Crippen LogP contribution in [0.2, 0.25) is 0 Å². The molecule has 0 bridgehead atoms. The van der Waals surface area contributed by atoms with Crippen LogP contribution in [0.25, 0.3) is 0 Å². The van der Waals surface area contributed by atoms with Gasteiger partial charge in [0.2, 0.25) is 0 Å². The first-order valence-electron chi connectivity index (χ1n) is 5.61. The fourth-order valence-electron chi connectivity index (χ4n) is 1.52. The Morgan fingerprint density at radius 3 is 2.65 bits per heavy atom. The molecule has 2 rings (SSSR count). The molecule has 0 spiro atoms. The SMILES string of the molecule is CCNc1cncc(NCc2csc(C)n2)c1. The third-order valence-electron chi connectivity index (χ3n) is 2.26. The minimum absolute atomic E-state index is 0.738. The molecule has 2 heterocycles. The Morgan fingerprint density at radius 2 is 2.00 bits per heavy atom. The van der Waals surface area contributed by atoms with E-state index in [0.29, 0.717) is 0 Å². The summed E-state index contributed by atoms with van der Waals surface area (Å²) in [7, 11) is 0. The predicted octanol–water partition coefficient (Wildman–Crippen LogP) is 2.89. The molecule has 0 radical (unpaired) electrons. The van der Waals surface area contributed by atoms with E-state index in [1.54, 1.807) is 11.3 Å². The van der Waals surface area contributed by atoms with Gasteiger partial charge in [0, 0.05) is 11.9 Å². The summed E-state index contributed by atoms with van der Waals surface area (Å²) in [5, 5.41) is 9.72. The molecule has 0 saturated carbocycles. The smallest absolute Gasteiger partial charge is 0.0898 e. The van der Waals surface area contributed by atoms with Gasteiger partial charge in [-0.05, 0) is 19.9 Å². The van der Waals surface area contributed by atoms with Crippen molar-refractivity contribution in [1.82, 2.24) is 9.97 Å². The molecular weight excluding hydrogens is 232 g/mol. The van der Waals surface area contributed by atoms with Crippen LogP contribution in [0.15, 0.2) is 23.8 Å². The average molecular weight is 248 g/mol. The molecule has 2 aromatic heterocycles. The Balaban J connectivity index is 1.96. The average Bonchev–Trinajstić information content (AvgIpc) is 2.74. The van der Waals surface area contributed by atoms with Crippen molar-refractivity contribution in [1.29, 1.82) is 0 Å². The monoisotopic (exact) mass is 248 g/mol. The van der Waals surface area contributed by atoms with Gasteiger partial charge in [-0.1, -0.05) is 0 Å². The first-order valence-corrected chi connectivity index (χ1v) is 6.49. The highest BCUT2D eigenvalue weighted by molar-refractivity contribution is 7.09. The maximum absolute atomic E-state index is 4.40. The molecule has 0 fully saturated rings. The molecule has 2 aromatic rings. The molecule has 5 heteroatoms. The number of anilines is 2. The van der Waals surface area contributed by atoms with Gasteiger partial charge in [0.15, 0.2) is 0 Å². The largest absolute Gasteiger partial charge is 0.384 e. The van der Waals surface area contributed by atoms with E-state index in [0.717, 1.165) is 35.2 Å². The maximum atomic E-state index is 4.40. The van der Waals surface area contributed by atoms with Crippen molar-refractivity contribution in [2.24, 2.45) is 0 Å². The van der Waals surface area contributed by atoms with E-state index in [4.69, 9.17) is 0 Å². The number of aromatic nitrogens is 2. The van der Waals surface area contributed by atoms with E-state index in [-0.39, 0.29) is 0 Å². The van der Waals surface area contributed by atoms with Gasteiger partial charge in [-0.25, -0.2) is 4.98 Å². The van der Waals surface area contributed by atoms with Crippen molar-refractivity contribution >= 4 is 22.7 Å². The predicted molar refractivity (Wildman–Crippen MR) is 72.6 cm³/mol. The van der Waals surface area contributed by atoms with Gasteiger partial charge in [0.05, 0.1) is 41.0 Å². The van der Waals surface area contributed by atoms with Crippen LogP contribution in [-0.4, -0.2) is 16.5 Å². The third-order valence-corrected chi connectivity index (χ3v) is 3.08. The van der Waals surface area contributed by atoms with Crippen molar-refractivity contribution in [3.05, 3.63) is 34.5 Å². The van der Waals surface area contributed by atoms with Crippen molar-refractivity contribution in [2.75, 3.05) is 17.2 Å². The fourth-order valence-corrected chi connectivity index (χ4v) is 2.13. The summed E-state index contributed by atoms with van der Waals surface area (Å²) in [5.41, 5.74) is 3.11. The van der Waals surface area contributed by atoms with E-state index in [2.05, 4.69) is 39.0 Å². The van der Waals surface area contributed by atoms with Gasteiger partial charge < -0.3 is 10.6 Å². The summed E-state index contributed by atoms with van der Waals surface area (Å²) in [5.74, 6) is 0. The van der Waals surface area contributed by atoms with Crippen molar-refractivity contribution in [3.8, 4) is 0 Å². The molecule has 2 N–H and O–H groups in total. The van der Waals surface area contributed by atoms with Gasteiger partial charge in [-0.15, -0.1) is 11.3 Å². The van der Waals surface area contributed by atoms with E-state index < -0.39 is 0 Å². The topological polar surface area (TPSA) is 49.8 Å². The lowest BCUT2D eigenvalue weighted by molar-refractivity contribution is 1.05. The molecule has 0 saturated heterocycles. The van der Waals surface area contributed by atoms with E-state index in [1.165, 1.54) is 0 Å². The van der Waals surface area contributed by atoms with Gasteiger partial charge in [0.25, 0.3) is 0 Å². The minimum atomic E-state index is 0.738. The number of hydrogen-bond acceptors (Lipinski definition) is 5. The maximum Gasteiger partial charge on any atom is 0.0898 e. The van der Waals surface area contributed by atoms with Crippen molar-refractivity contribution in [3.63, 3.8) is 0 Å². The standard InChI is InChI=1S/C12H16N4S/c1-3-14-10-4-11(6-13-5-10)15-7-12-8-17-9(2)16-12/h4-6,8,14-15H,3,7H2,1-2H3. The summed E-state index contributed by atoms with van der Waals surface area (Å²) >= 11 is 1.67. The number of nitrogens with one attached hydrogen (secondary N) is 2. The first kappa shape index (κ1) is 11.9. The Morgan fingerprint density at radius 1 is 1.24 bits per heavy atom. The second kappa shape index (κ2) is 5.63. The molecule has 0 aliphatic carbocycles. The van der Waals surface area contributed by atoms with Crippen LogP contribution >= 0.6 is 11.3 Å². The third kappa shape index (κ3) is 3.42. The highest BCUT2D eigenvalue weighted by atomic mass is 32.1. The molecule has 0 atom stereocenters. The molecule has 17 heavy (non-hydrogen) atoms. The highest BCUT2D eigenvalue weighted by Gasteiger charge is 1.99. The molecule has 0 aliphatic rings. The summed E-state index contributed by atoms with van der Waals surface area (Å²) in [4.78, 5) is 8.58. The van der Waals surface area contributed by atoms with Crippen LogP contribution in [-0.2, 0) is 6.54 Å². The lowest BCUT2D eigenvalue weighted by Gasteiger charge is -2.07. The number of nitrogens with zero attached hydrogens (tertiary/aromatic N) is 2. The van der Waals surface area contributed by atoms with Gasteiger partial charge >= 0.3 is 0 Å². The van der Waals surface area contributed by atoms with Crippen molar-refractivity contribution in [2.45, 2.75) is 20.4 Å². The summed E-state index contributed by atoms with van der Waals surface area (Å²) in [6.45, 7) is 5.72. The zero-order valence-electron chi connectivity index (χ0n) is 10.0. The quantitative estimate of drug-likeness (QED) is 0.854. The van der Waals surface area contributed by atoms with Gasteiger partial charge in [-0.3, -0.25) is 4.98 Å². The van der Waals surface area contributed by atoms with E-state index >= 15 is 0 Å². The number of rotatable bonds is 5. The fraction of sp³-hybridized carbons (Fsp3) is 0.333. The molecule has 0 unspecified atom stereocenters. The lowest BCUT2D eigenvalue weighted by Crippen LogP contribution is -2.02. The first-order chi connectivity index (χ1) is 8.28. The Hall–Kier alpha value is -1.62. The normalized spacial score (nSPS) is 10.2. The van der Waals surface area contributed by atoms with Crippen LogP contribution < -0.4 is 10.6 Å². The Kier molecular flexibility index (Phi) is 3.93. The van der Waals surface area contributed by atoms with Crippen molar-refractivity contribution < 1.29 is 0 Å². The van der Waals surface area contributed by atoms with Crippen LogP contribution in [0.4, 0.5) is 11.4 Å². The number of pyridine rings is 1. The number of thiazole rings is 1. The zero-order valence-corrected chi connectivity index (χ0v) is 10.8. The molecule has 90 valence electrons. The second-order valence-electron chi connectivity index (χ2n) is 3.70. The van der Waals surface area contributed by atoms with Gasteiger partial charge in [-0.2, -0.15) is 0 Å². The van der Waals surface area contributed by atoms with E-state index in [9.17, 15) is 0 Å². The highest BCUT2D eigenvalue weighted by Crippen LogP contribution is 2.14. The summed E-state index contributed by atoms with van der Waals surface area (Å²) in [6, 6.07) is 2.05. The van der Waals surface area contributed by atoms with Crippen LogP contribution in [0, 0.1) is 6.92 Å². The number of hydrogen-bond donors (Lipinski definition) is 2. The lowest BCUT2D eigenvalue weighted by atomic mass is 10.3. The number of aryl methyl sites for hydroxylation is 1. The molecule has 0 aliphatic heterocycles. The summed E-state index contributed by atoms with van der Waals surface area (Å²) in [6.07, 6.45) is 3.64. The van der Waals surface area contributed by atoms with E-state index in [1.807, 2.05) is 19.3 Å². The molecule has 4 nitrogen and oxygen atoms in total. The van der Waals surface area contributed by atoms with Crippen LogP contribution in [0.3, 0.4) is 0 Å². The molecular formula is C12H16N4S. The second-order valence-corrected chi connectivity index (χ2v) is 4.77.